The SMILES string of the molecule is [2H]C([2H])([2H])C([2H])([2H])[C@]1([2H])C(=O)OC[C@]1([2H])C([2H])([2H])c1cncn1C.[2H]C([2H])([2H])C[C@@H]1C(=O)OC([2H])([2H])[C@@H]1C([2H])([2H])c1cncn1C.[2H]C([2H])([2H])C[C@@H]1C(=O)OC[C@@H]1C([2H])([2H])c1cncn1C([2H])([2H])[2H].[2H]C([2H])([2H])C[C@@H]1C(=O)OC[C@]1([2H])C([2H])([2H])c1cncn1C.[2H]C([2H])([2H])C[C@]1([2H])C(=O)OC([2H])([2H])[C@@H]1C([2H])([2H])c1cncn1C.[2H]C([2H])([2H])C[C@]1([2H])C(=O)OC[C@@H]1C([2H])([2H])c1cncn1C([2H])([2H])[2H].[2H]C([2H])([2H])C[C@]1([2H])C(=O)OC[C@]1([2H])C([2H])([2H])c1cncn1C.[2H]C([2H])(c1cncn1C([2H])([2H])[2H])[C@H]1COC(=O)[C@@]1([2H])C([2H])([2H])C([2H])([2H])[2H].[2H]C1([2H])OC(=O)[C@@]([2H])(C([2H])([2H])C([2H])([2H])[2H])[C@H]1C([2H])([2H])c1cncn1C. The number of carbonyl (C=O) groups is 9. The van der Waals surface area contributed by atoms with Crippen LogP contribution in [0.4, 0.5) is 0 Å². The van der Waals surface area contributed by atoms with Crippen molar-refractivity contribution in [2.24, 2.45) is 170 Å². The predicted molar refractivity (Wildman–Crippen MR) is 496 cm³/mol. The lowest BCUT2D eigenvalue weighted by Crippen LogP contribution is -2.18. The highest BCUT2D eigenvalue weighted by Gasteiger charge is 2.43. The van der Waals surface area contributed by atoms with E-state index in [2.05, 4.69) is 68.5 Å². The molecule has 135 heavy (non-hydrogen) atoms. The lowest BCUT2D eigenvalue weighted by atomic mass is 9.89. The van der Waals surface area contributed by atoms with Gasteiger partial charge in [0.25, 0.3) is 0 Å². The molecular weight excluding hydrogens is 1730 g/mol. The number of aryl methyl sites for hydroxylation is 9. The molecule has 0 aliphatic carbocycles. The van der Waals surface area contributed by atoms with Crippen LogP contribution in [-0.4, -0.2) is 199 Å². The third-order valence-corrected chi connectivity index (χ3v) is 19.9. The predicted octanol–water partition coefficient (Wildman–Crippen LogP) is 10.5. The average Bonchev–Trinajstić information content (AvgIpc) is 1.51. The molecule has 18 rings (SSSR count). The molecule has 0 N–H and O–H groups in total. The second-order valence-corrected chi connectivity index (χ2v) is 28.7. The van der Waals surface area contributed by atoms with E-state index in [0.29, 0.717) is 13.7 Å². The number of hydrogen-bond donors (Lipinski definition) is 0. The van der Waals surface area contributed by atoms with E-state index in [0.717, 1.165) is 56.2 Å². The van der Waals surface area contributed by atoms with E-state index in [4.69, 9.17) is 122 Å². The van der Waals surface area contributed by atoms with Crippen molar-refractivity contribution in [1.29, 1.82) is 0 Å². The Morgan fingerprint density at radius 3 is 0.933 bits per heavy atom. The molecule has 0 spiro atoms. The molecule has 36 nitrogen and oxygen atoms in total. The zero-order valence-electron chi connectivity index (χ0n) is 147. The van der Waals surface area contributed by atoms with Crippen LogP contribution in [0.3, 0.4) is 0 Å². The first-order valence-electron chi connectivity index (χ1n) is 77.2. The number of cyclic esters (lactones) is 9. The molecule has 738 valence electrons. The lowest BCUT2D eigenvalue weighted by molar-refractivity contribution is -0.142. The molecular formula is C99H144N18O18. The number of aromatic nitrogens is 18. The molecule has 0 saturated carbocycles. The molecule has 9 fully saturated rings. The average molecular weight is 1950 g/mol. The molecule has 0 aromatic carbocycles. The Labute approximate surface area is 898 Å². The first-order chi connectivity index (χ1) is 93.6. The van der Waals surface area contributed by atoms with Crippen molar-refractivity contribution in [3.05, 3.63) is 164 Å². The Morgan fingerprint density at radius 1 is 0.259 bits per heavy atom. The maximum Gasteiger partial charge on any atom is 0.309 e. The maximum absolute atomic E-state index is 12.2. The van der Waals surface area contributed by atoms with Crippen LogP contribution in [0.1, 0.15) is 273 Å². The summed E-state index contributed by atoms with van der Waals surface area (Å²) < 4.78 is 633. The quantitative estimate of drug-likeness (QED) is 0.0341. The van der Waals surface area contributed by atoms with E-state index >= 15 is 0 Å². The Balaban J connectivity index is 0.000000234. The summed E-state index contributed by atoms with van der Waals surface area (Å²) in [6.07, 6.45) is -17.6. The second-order valence-electron chi connectivity index (χ2n) is 28.7. The molecule has 0 bridgehead atoms. The van der Waals surface area contributed by atoms with Gasteiger partial charge in [0.1, 0.15) is 0 Å². The van der Waals surface area contributed by atoms with Crippen molar-refractivity contribution >= 4 is 53.7 Å². The van der Waals surface area contributed by atoms with Gasteiger partial charge in [0.05, 0.1) is 178 Å². The highest BCUT2D eigenvalue weighted by Crippen LogP contribution is 2.36. The van der Waals surface area contributed by atoms with Gasteiger partial charge in [-0.15, -0.1) is 0 Å². The maximum atomic E-state index is 12.2. The monoisotopic (exact) mass is 1950 g/mol. The van der Waals surface area contributed by atoms with Gasteiger partial charge in [-0.2, -0.15) is 0 Å². The molecule has 9 aromatic heterocycles. The van der Waals surface area contributed by atoms with Crippen LogP contribution in [0, 0.1) is 106 Å². The van der Waals surface area contributed by atoms with Crippen LogP contribution in [0.2, 0.25) is 0 Å². The van der Waals surface area contributed by atoms with Crippen LogP contribution >= 0.6 is 0 Å². The Hall–Kier alpha value is -11.9. The highest BCUT2D eigenvalue weighted by molar-refractivity contribution is 5.78. The van der Waals surface area contributed by atoms with Gasteiger partial charge < -0.3 is 83.7 Å². The fourth-order valence-electron chi connectivity index (χ4n) is 12.2. The molecule has 9 saturated heterocycles. The number of imidazole rings is 9. The number of ether oxygens (including phenoxy) is 9. The first kappa shape index (κ1) is 42.8. The van der Waals surface area contributed by atoms with Gasteiger partial charge in [-0.3, -0.25) is 43.2 Å². The summed E-state index contributed by atoms with van der Waals surface area (Å²) in [5, 5.41) is 0. The minimum atomic E-state index is -3.57. The van der Waals surface area contributed by atoms with Gasteiger partial charge in [-0.1, -0.05) is 61.7 Å². The molecule has 36 heteroatoms. The summed E-state index contributed by atoms with van der Waals surface area (Å²) in [5.74, 6) is -50.1. The zero-order valence-corrected chi connectivity index (χ0v) is 72.5. The van der Waals surface area contributed by atoms with Crippen molar-refractivity contribution in [3.63, 3.8) is 0 Å². The van der Waals surface area contributed by atoms with E-state index in [1.165, 1.54) is 119 Å². The molecule has 9 aliphatic heterocycles. The minimum absolute atomic E-state index is 0.0250. The number of carbonyl (C=O) groups excluding carboxylic acids is 9. The fourth-order valence-corrected chi connectivity index (χ4v) is 12.2. The van der Waals surface area contributed by atoms with Crippen LogP contribution in [-0.2, 0) is 206 Å². The standard InChI is InChI=1S/9C11H16N2O2/c9*1-3-10-8(6-15-11(10)14)4-9-5-12-7-13(9)2/h9*5,7-8,10H,3-4,6H2,1-2H3/t9*8-,10-/m000000000/s1/i1D3,3D2,4D2,8D,10D;1D3,3D2,4D2,6D2,10D;1D3,2D3,3D2,4D2,10D;1D3,4D2,8D,10D;1D3,4D2,6D2,10D;1D3,2D3,4D2,10D;1D3,4D2,8D;1D3,4D2,6D2;1D3,2D3,4D2. The lowest BCUT2D eigenvalue weighted by Gasteiger charge is -2.12. The first-order valence-corrected chi connectivity index (χ1v) is 39.7. The van der Waals surface area contributed by atoms with Gasteiger partial charge in [-0.25, -0.2) is 44.9 Å². The van der Waals surface area contributed by atoms with Crippen LogP contribution in [0.15, 0.2) is 113 Å². The molecule has 18 atom stereocenters. The molecule has 9 aliphatic rings. The topological polar surface area (TPSA) is 397 Å². The number of hydrogen-bond acceptors (Lipinski definition) is 27. The van der Waals surface area contributed by atoms with Crippen molar-refractivity contribution < 1.29 is 189 Å². The van der Waals surface area contributed by atoms with E-state index < -0.39 is 416 Å². The second kappa shape index (κ2) is 51.7. The Morgan fingerprint density at radius 2 is 0.504 bits per heavy atom. The summed E-state index contributed by atoms with van der Waals surface area (Å²) in [6, 6.07) is 0. The van der Waals surface area contributed by atoms with E-state index in [9.17, 15) is 43.2 Å². The van der Waals surface area contributed by atoms with Gasteiger partial charge in [0, 0.05) is 318 Å². The van der Waals surface area contributed by atoms with Gasteiger partial charge in [0.2, 0.25) is 0 Å². The Bertz CT molecular complexity index is 8770. The van der Waals surface area contributed by atoms with Crippen molar-refractivity contribution in [1.82, 2.24) is 86.0 Å². The summed E-state index contributed by atoms with van der Waals surface area (Å²) >= 11 is 0. The fraction of sp³-hybridized carbons (Fsp3) is 0.636. The highest BCUT2D eigenvalue weighted by atomic mass is 16.6. The molecule has 0 radical (unpaired) electrons. The van der Waals surface area contributed by atoms with Crippen LogP contribution in [0.25, 0.3) is 0 Å². The van der Waals surface area contributed by atoms with Gasteiger partial charge >= 0.3 is 53.7 Å². The molecule has 18 heterocycles. The molecule has 0 unspecified atom stereocenters. The smallest absolute Gasteiger partial charge is 0.309 e. The minimum Gasteiger partial charge on any atom is -0.465 e. The van der Waals surface area contributed by atoms with Crippen LogP contribution in [0.5, 0.6) is 0 Å². The number of esters is 9. The van der Waals surface area contributed by atoms with E-state index in [1.807, 2.05) is 0 Å². The van der Waals surface area contributed by atoms with E-state index in [1.54, 1.807) is 7.05 Å². The summed E-state index contributed by atoms with van der Waals surface area (Å²) in [7, 11) is 8.90. The Kier molecular flexibility index (Phi) is 16.4. The number of rotatable bonds is 27. The van der Waals surface area contributed by atoms with Gasteiger partial charge in [-0.05, 0) is 115 Å². The summed E-state index contributed by atoms with van der Waals surface area (Å²) in [5.41, 5.74) is -1.55. The van der Waals surface area contributed by atoms with Crippen molar-refractivity contribution in [2.75, 3.05) is 59.3 Å². The largest absolute Gasteiger partial charge is 0.465 e. The van der Waals surface area contributed by atoms with Crippen LogP contribution < -0.4 is 0 Å². The molecule has 9 aromatic rings. The molecule has 0 amide bonds. The zero-order chi connectivity index (χ0) is 163. The summed E-state index contributed by atoms with van der Waals surface area (Å²) in [4.78, 5) is 141. The normalized spacial score (nSPS) is 42.2. The third-order valence-electron chi connectivity index (χ3n) is 19.9. The number of nitrogens with zero attached hydrogens (tertiary/aromatic N) is 18. The van der Waals surface area contributed by atoms with Crippen molar-refractivity contribution in [2.45, 2.75) is 177 Å². The third kappa shape index (κ3) is 28.4. The van der Waals surface area contributed by atoms with Gasteiger partial charge in [0.15, 0.2) is 0 Å². The van der Waals surface area contributed by atoms with E-state index in [-0.39, 0.29) is 52.2 Å². The van der Waals surface area contributed by atoms with Crippen molar-refractivity contribution in [3.8, 4) is 0 Å². The summed E-state index contributed by atoms with van der Waals surface area (Å²) in [6.45, 7) is -46.2.